The van der Waals surface area contributed by atoms with E-state index in [1.165, 1.54) is 0 Å². The molecule has 2 aromatic carbocycles. The van der Waals surface area contributed by atoms with Gasteiger partial charge in [-0.05, 0) is 25.1 Å². The van der Waals surface area contributed by atoms with E-state index >= 15 is 0 Å². The fraction of sp³-hybridized carbons (Fsp3) is 0.182. The van der Waals surface area contributed by atoms with Crippen LogP contribution >= 0.6 is 11.8 Å². The number of carbonyl (C=O) groups excluding carboxylic acids is 3. The Balaban J connectivity index is 1.28. The van der Waals surface area contributed by atoms with Crippen molar-refractivity contribution >= 4 is 51.6 Å². The van der Waals surface area contributed by atoms with E-state index in [-0.39, 0.29) is 0 Å². The maximum absolute atomic E-state index is 12.5. The first-order valence-corrected chi connectivity index (χ1v) is 10.7. The minimum Gasteiger partial charge on any atom is -0.443 e. The predicted octanol–water partition coefficient (Wildman–Crippen LogP) is 2.79. The Hall–Kier alpha value is -3.79. The number of aryl methyl sites for hydroxylation is 1. The number of carbonyl (C=O) groups is 3. The van der Waals surface area contributed by atoms with Crippen LogP contribution in [-0.2, 0) is 16.6 Å². The van der Waals surface area contributed by atoms with E-state index in [4.69, 9.17) is 4.74 Å². The fourth-order valence-electron chi connectivity index (χ4n) is 3.65. The molecular weight excluding hydrogens is 430 g/mol. The minimum absolute atomic E-state index is 0.304. The topological polar surface area (TPSA) is 107 Å². The summed E-state index contributed by atoms with van der Waals surface area (Å²) in [6.45, 7) is 1.20. The maximum Gasteiger partial charge on any atom is 0.320 e. The summed E-state index contributed by atoms with van der Waals surface area (Å²) in [4.78, 5) is 42.7. The van der Waals surface area contributed by atoms with E-state index < -0.39 is 29.8 Å². The highest BCUT2D eigenvalue weighted by atomic mass is 32.2. The van der Waals surface area contributed by atoms with Gasteiger partial charge in [0.1, 0.15) is 10.8 Å². The maximum atomic E-state index is 12.5. The number of hydrogen-bond donors (Lipinski definition) is 0. The van der Waals surface area contributed by atoms with Crippen molar-refractivity contribution in [3.63, 3.8) is 0 Å². The molecule has 5 rings (SSSR count). The summed E-state index contributed by atoms with van der Waals surface area (Å²) in [6.07, 6.45) is 0. The summed E-state index contributed by atoms with van der Waals surface area (Å²) in [5.41, 5.74) is 2.95. The number of nitrogens with zero attached hydrogens (tertiary/aromatic N) is 5. The molecule has 2 aromatic heterocycles. The van der Waals surface area contributed by atoms with Gasteiger partial charge < -0.3 is 9.30 Å². The van der Waals surface area contributed by atoms with E-state index in [2.05, 4.69) is 15.2 Å². The van der Waals surface area contributed by atoms with Crippen LogP contribution in [0.2, 0.25) is 0 Å². The number of aromatic nitrogens is 4. The zero-order chi connectivity index (χ0) is 22.4. The Morgan fingerprint density at radius 3 is 2.41 bits per heavy atom. The third-order valence-corrected chi connectivity index (χ3v) is 6.25. The van der Waals surface area contributed by atoms with Crippen LogP contribution in [0.4, 0.5) is 0 Å². The zero-order valence-corrected chi connectivity index (χ0v) is 18.0. The molecule has 4 aromatic rings. The van der Waals surface area contributed by atoms with Crippen molar-refractivity contribution in [2.24, 2.45) is 7.05 Å². The summed E-state index contributed by atoms with van der Waals surface area (Å²) in [6, 6.07) is 14.3. The number of esters is 1. The average Bonchev–Trinajstić information content (AvgIpc) is 3.23. The van der Waals surface area contributed by atoms with Crippen molar-refractivity contribution in [2.45, 2.75) is 17.3 Å². The predicted molar refractivity (Wildman–Crippen MR) is 117 cm³/mol. The van der Waals surface area contributed by atoms with E-state index in [0.29, 0.717) is 27.4 Å². The lowest BCUT2D eigenvalue weighted by Crippen LogP contribution is -2.34. The van der Waals surface area contributed by atoms with Gasteiger partial charge in [0.2, 0.25) is 5.16 Å². The van der Waals surface area contributed by atoms with E-state index in [9.17, 15) is 14.4 Å². The molecule has 0 fully saturated rings. The molecule has 0 radical (unpaired) electrons. The molecule has 160 valence electrons. The van der Waals surface area contributed by atoms with Gasteiger partial charge in [-0.15, -0.1) is 10.2 Å². The van der Waals surface area contributed by atoms with Crippen molar-refractivity contribution in [2.75, 3.05) is 6.73 Å². The quantitative estimate of drug-likeness (QED) is 0.261. The van der Waals surface area contributed by atoms with Crippen molar-refractivity contribution in [1.29, 1.82) is 0 Å². The standard InChI is InChI=1S/C22H17N5O4S/c1-12(21(30)31-11-27-19(28)13-7-3-4-8-14(13)20(27)29)32-22-23-18-17(24-25-22)15-9-5-6-10-16(15)26(18)2/h3-10,12H,11H2,1-2H3. The molecule has 3 heterocycles. The molecule has 0 saturated heterocycles. The molecule has 0 saturated carbocycles. The first-order valence-electron chi connectivity index (χ1n) is 9.82. The molecule has 1 atom stereocenters. The molecule has 32 heavy (non-hydrogen) atoms. The number of amides is 2. The molecule has 2 amide bonds. The minimum atomic E-state index is -0.667. The Bertz CT molecular complexity index is 1380. The number of ether oxygens (including phenoxy) is 1. The molecule has 0 bridgehead atoms. The van der Waals surface area contributed by atoms with Crippen LogP contribution in [0, 0.1) is 0 Å². The molecule has 1 aliphatic heterocycles. The summed E-state index contributed by atoms with van der Waals surface area (Å²) >= 11 is 1.10. The number of fused-ring (bicyclic) bond motifs is 4. The van der Waals surface area contributed by atoms with Crippen LogP contribution in [0.5, 0.6) is 0 Å². The van der Waals surface area contributed by atoms with Gasteiger partial charge in [0, 0.05) is 12.4 Å². The van der Waals surface area contributed by atoms with Crippen LogP contribution in [-0.4, -0.2) is 54.4 Å². The third-order valence-electron chi connectivity index (χ3n) is 5.32. The highest BCUT2D eigenvalue weighted by molar-refractivity contribution is 8.00. The smallest absolute Gasteiger partial charge is 0.320 e. The Kier molecular flexibility index (Phi) is 4.86. The molecule has 0 N–H and O–H groups in total. The lowest BCUT2D eigenvalue weighted by Gasteiger charge is -2.16. The Morgan fingerprint density at radius 1 is 1.03 bits per heavy atom. The molecule has 0 spiro atoms. The average molecular weight is 447 g/mol. The van der Waals surface area contributed by atoms with E-state index in [1.807, 2.05) is 35.9 Å². The highest BCUT2D eigenvalue weighted by Gasteiger charge is 2.36. The summed E-state index contributed by atoms with van der Waals surface area (Å²) in [5.74, 6) is -1.55. The lowest BCUT2D eigenvalue weighted by atomic mass is 10.1. The number of benzene rings is 2. The van der Waals surface area contributed by atoms with Gasteiger partial charge in [-0.25, -0.2) is 9.88 Å². The number of para-hydroxylation sites is 1. The summed E-state index contributed by atoms with van der Waals surface area (Å²) in [5, 5.41) is 9.05. The fourth-order valence-corrected chi connectivity index (χ4v) is 4.36. The Morgan fingerprint density at radius 2 is 1.69 bits per heavy atom. The van der Waals surface area contributed by atoms with Gasteiger partial charge >= 0.3 is 5.97 Å². The Labute approximate surface area is 186 Å². The largest absolute Gasteiger partial charge is 0.443 e. The molecular formula is C22H17N5O4S. The second-order valence-electron chi connectivity index (χ2n) is 7.28. The van der Waals surface area contributed by atoms with Crippen LogP contribution in [0.1, 0.15) is 27.6 Å². The number of rotatable bonds is 5. The van der Waals surface area contributed by atoms with Crippen LogP contribution in [0.3, 0.4) is 0 Å². The van der Waals surface area contributed by atoms with E-state index in [1.54, 1.807) is 31.2 Å². The molecule has 10 heteroatoms. The van der Waals surface area contributed by atoms with Gasteiger partial charge in [0.15, 0.2) is 12.4 Å². The van der Waals surface area contributed by atoms with Crippen molar-refractivity contribution in [3.8, 4) is 0 Å². The van der Waals surface area contributed by atoms with Gasteiger partial charge in [-0.1, -0.05) is 42.1 Å². The monoisotopic (exact) mass is 447 g/mol. The molecule has 1 unspecified atom stereocenters. The second-order valence-corrected chi connectivity index (χ2v) is 8.59. The first-order chi connectivity index (χ1) is 15.5. The number of imide groups is 1. The normalized spacial score (nSPS) is 14.2. The number of hydrogen-bond acceptors (Lipinski definition) is 8. The SMILES string of the molecule is CC(Sc1nnc2c3ccccc3n(C)c2n1)C(=O)OCN1C(=O)c2ccccc2C1=O. The van der Waals surface area contributed by atoms with Crippen LogP contribution < -0.4 is 0 Å². The molecule has 9 nitrogen and oxygen atoms in total. The summed E-state index contributed by atoms with van der Waals surface area (Å²) in [7, 11) is 1.90. The highest BCUT2D eigenvalue weighted by Crippen LogP contribution is 2.28. The van der Waals surface area contributed by atoms with Gasteiger partial charge in [0.25, 0.3) is 11.8 Å². The van der Waals surface area contributed by atoms with Crippen LogP contribution in [0.25, 0.3) is 22.1 Å². The summed E-state index contributed by atoms with van der Waals surface area (Å²) < 4.78 is 7.16. The third kappa shape index (κ3) is 3.19. The van der Waals surface area contributed by atoms with E-state index in [0.717, 1.165) is 27.6 Å². The molecule has 0 aliphatic carbocycles. The lowest BCUT2D eigenvalue weighted by molar-refractivity contribution is -0.145. The van der Waals surface area contributed by atoms with Gasteiger partial charge in [0.05, 0.1) is 16.6 Å². The van der Waals surface area contributed by atoms with Crippen molar-refractivity contribution < 1.29 is 19.1 Å². The first kappa shape index (κ1) is 20.1. The van der Waals surface area contributed by atoms with Gasteiger partial charge in [-0.3, -0.25) is 14.4 Å². The van der Waals surface area contributed by atoms with Crippen molar-refractivity contribution in [1.82, 2.24) is 24.6 Å². The zero-order valence-electron chi connectivity index (χ0n) is 17.2. The van der Waals surface area contributed by atoms with Crippen LogP contribution in [0.15, 0.2) is 53.7 Å². The number of thioether (sulfide) groups is 1. The molecule has 1 aliphatic rings. The second kappa shape index (κ2) is 7.72. The van der Waals surface area contributed by atoms with Gasteiger partial charge in [-0.2, -0.15) is 0 Å². The van der Waals surface area contributed by atoms with Crippen molar-refractivity contribution in [3.05, 3.63) is 59.7 Å².